The van der Waals surface area contributed by atoms with Gasteiger partial charge >= 0.3 is 0 Å². The summed E-state index contributed by atoms with van der Waals surface area (Å²) in [6.07, 6.45) is 7.05. The Balaban J connectivity index is 1.05. The van der Waals surface area contributed by atoms with Gasteiger partial charge in [-0.25, -0.2) is 0 Å². The van der Waals surface area contributed by atoms with Crippen molar-refractivity contribution < 1.29 is 9.59 Å². The predicted molar refractivity (Wildman–Crippen MR) is 130 cm³/mol. The normalized spacial score (nSPS) is 22.0. The molecule has 5 heteroatoms. The fourth-order valence-electron chi connectivity index (χ4n) is 6.10. The zero-order chi connectivity index (χ0) is 22.7. The van der Waals surface area contributed by atoms with Crippen molar-refractivity contribution in [1.29, 1.82) is 0 Å². The third-order valence-corrected chi connectivity index (χ3v) is 8.05. The van der Waals surface area contributed by atoms with E-state index in [0.717, 1.165) is 31.6 Å². The van der Waals surface area contributed by atoms with Crippen LogP contribution in [-0.2, 0) is 28.0 Å². The van der Waals surface area contributed by atoms with Crippen LogP contribution >= 0.6 is 0 Å². The number of piperidine rings is 1. The summed E-state index contributed by atoms with van der Waals surface area (Å²) in [5.74, 6) is 0.0756. The average molecular weight is 446 g/mol. The molecule has 0 unspecified atom stereocenters. The molecule has 1 N–H and O–H groups in total. The number of likely N-dealkylation sites (tertiary alicyclic amines) is 2. The molecule has 174 valence electrons. The maximum Gasteiger partial charge on any atom is 0.242 e. The number of nitrogens with zero attached hydrogens (tertiary/aromatic N) is 2. The molecule has 2 aromatic rings. The monoisotopic (exact) mass is 445 g/mol. The molecule has 5 nitrogen and oxygen atoms in total. The van der Waals surface area contributed by atoms with E-state index in [-0.39, 0.29) is 17.9 Å². The van der Waals surface area contributed by atoms with Crippen LogP contribution < -0.4 is 5.32 Å². The van der Waals surface area contributed by atoms with Crippen molar-refractivity contribution in [3.8, 4) is 0 Å². The molecule has 2 amide bonds. The van der Waals surface area contributed by atoms with Crippen LogP contribution in [0.5, 0.6) is 0 Å². The Morgan fingerprint density at radius 3 is 2.55 bits per heavy atom. The Morgan fingerprint density at radius 1 is 0.970 bits per heavy atom. The van der Waals surface area contributed by atoms with Gasteiger partial charge in [0.25, 0.3) is 0 Å². The molecule has 2 saturated heterocycles. The Bertz CT molecular complexity index is 982. The van der Waals surface area contributed by atoms with E-state index in [1.165, 1.54) is 25.7 Å². The van der Waals surface area contributed by atoms with Crippen LogP contribution in [0.25, 0.3) is 0 Å². The summed E-state index contributed by atoms with van der Waals surface area (Å²) < 4.78 is 0. The van der Waals surface area contributed by atoms with Gasteiger partial charge in [0.1, 0.15) is 6.04 Å². The molecule has 33 heavy (non-hydrogen) atoms. The van der Waals surface area contributed by atoms with Crippen molar-refractivity contribution in [2.24, 2.45) is 0 Å². The van der Waals surface area contributed by atoms with Gasteiger partial charge in [-0.1, -0.05) is 54.6 Å². The molecular formula is C28H35N3O2. The molecule has 0 saturated carbocycles. The van der Waals surface area contributed by atoms with Gasteiger partial charge in [-0.15, -0.1) is 0 Å². The Morgan fingerprint density at radius 2 is 1.73 bits per heavy atom. The van der Waals surface area contributed by atoms with Crippen molar-refractivity contribution in [1.82, 2.24) is 15.1 Å². The molecule has 2 fully saturated rings. The predicted octanol–water partition coefficient (Wildman–Crippen LogP) is 3.66. The molecule has 5 rings (SSSR count). The number of amides is 2. The fraction of sp³-hybridized carbons (Fsp3) is 0.500. The highest BCUT2D eigenvalue weighted by atomic mass is 16.2. The smallest absolute Gasteiger partial charge is 0.242 e. The van der Waals surface area contributed by atoms with Crippen molar-refractivity contribution in [3.05, 3.63) is 71.3 Å². The molecule has 0 radical (unpaired) electrons. The van der Waals surface area contributed by atoms with E-state index < -0.39 is 0 Å². The second-order valence-corrected chi connectivity index (χ2v) is 9.99. The van der Waals surface area contributed by atoms with Crippen LogP contribution in [0.3, 0.4) is 0 Å². The lowest BCUT2D eigenvalue weighted by molar-refractivity contribution is -0.135. The van der Waals surface area contributed by atoms with E-state index in [0.29, 0.717) is 31.3 Å². The minimum Gasteiger partial charge on any atom is -0.354 e. The van der Waals surface area contributed by atoms with E-state index in [1.54, 1.807) is 16.0 Å². The van der Waals surface area contributed by atoms with Crippen molar-refractivity contribution in [2.45, 2.75) is 62.9 Å². The Hall–Kier alpha value is -2.66. The van der Waals surface area contributed by atoms with Crippen molar-refractivity contribution in [3.63, 3.8) is 0 Å². The first-order chi connectivity index (χ1) is 16.1. The Kier molecular flexibility index (Phi) is 6.50. The minimum atomic E-state index is -0.338. The van der Waals surface area contributed by atoms with Crippen LogP contribution in [0.4, 0.5) is 0 Å². The zero-order valence-electron chi connectivity index (χ0n) is 19.5. The molecule has 3 aliphatic rings. The molecular weight excluding hydrogens is 410 g/mol. The number of hydrogen-bond acceptors (Lipinski definition) is 3. The molecule has 2 aliphatic heterocycles. The van der Waals surface area contributed by atoms with Gasteiger partial charge in [0.15, 0.2) is 0 Å². The number of carbonyl (C=O) groups excluding carboxylic acids is 2. The number of nitrogens with one attached hydrogen (secondary N) is 1. The number of rotatable bonds is 7. The maximum absolute atomic E-state index is 12.8. The van der Waals surface area contributed by atoms with Crippen LogP contribution in [-0.4, -0.2) is 53.8 Å². The summed E-state index contributed by atoms with van der Waals surface area (Å²) in [7, 11) is 0. The number of benzene rings is 2. The second kappa shape index (κ2) is 9.68. The summed E-state index contributed by atoms with van der Waals surface area (Å²) in [4.78, 5) is 29.5. The van der Waals surface area contributed by atoms with Crippen molar-refractivity contribution in [2.75, 3.05) is 26.2 Å². The van der Waals surface area contributed by atoms with Gasteiger partial charge in [0.2, 0.25) is 11.8 Å². The van der Waals surface area contributed by atoms with Crippen LogP contribution in [0.15, 0.2) is 54.6 Å². The number of fused-ring (bicyclic) bond motifs is 2. The summed E-state index contributed by atoms with van der Waals surface area (Å²) in [6.45, 7) is 4.49. The van der Waals surface area contributed by atoms with E-state index in [1.807, 2.05) is 30.3 Å². The minimum absolute atomic E-state index is 0.00283. The highest BCUT2D eigenvalue weighted by Gasteiger charge is 2.40. The van der Waals surface area contributed by atoms with Gasteiger partial charge in [0.05, 0.1) is 0 Å². The summed E-state index contributed by atoms with van der Waals surface area (Å²) in [5.41, 5.74) is 4.63. The van der Waals surface area contributed by atoms with E-state index >= 15 is 0 Å². The standard InChI is InChI=1S/C28H35N3O2/c32-26-12-11-25(31(26)21-22-7-2-1-3-8-22)27(33)29-17-6-18-30-19-15-28(16-20-30)14-13-23-9-4-5-10-24(23)28/h1-5,7-10,25H,6,11-21H2,(H,29,33)/t25-/m1/s1. The van der Waals surface area contributed by atoms with Gasteiger partial charge in [-0.3, -0.25) is 9.59 Å². The summed E-state index contributed by atoms with van der Waals surface area (Å²) >= 11 is 0. The first kappa shape index (κ1) is 22.1. The average Bonchev–Trinajstić information content (AvgIpc) is 3.39. The molecule has 1 spiro atoms. The van der Waals surface area contributed by atoms with Gasteiger partial charge < -0.3 is 15.1 Å². The van der Waals surface area contributed by atoms with Gasteiger partial charge in [-0.05, 0) is 80.3 Å². The van der Waals surface area contributed by atoms with E-state index in [2.05, 4.69) is 34.5 Å². The van der Waals surface area contributed by atoms with E-state index in [4.69, 9.17) is 0 Å². The van der Waals surface area contributed by atoms with Crippen molar-refractivity contribution >= 4 is 11.8 Å². The molecule has 1 aliphatic carbocycles. The number of hydrogen-bond donors (Lipinski definition) is 1. The molecule has 1 atom stereocenters. The second-order valence-electron chi connectivity index (χ2n) is 9.99. The lowest BCUT2D eigenvalue weighted by Crippen LogP contribution is -2.45. The summed E-state index contributed by atoms with van der Waals surface area (Å²) in [6, 6.07) is 18.6. The SMILES string of the molecule is O=C(NCCCN1CCC2(CCc3ccccc32)CC1)[C@H]1CCC(=O)N1Cc1ccccc1. The van der Waals surface area contributed by atoms with Crippen LogP contribution in [0.1, 0.15) is 55.2 Å². The van der Waals surface area contributed by atoms with Crippen LogP contribution in [0.2, 0.25) is 0 Å². The molecule has 0 aromatic heterocycles. The third-order valence-electron chi connectivity index (χ3n) is 8.05. The third kappa shape index (κ3) is 4.70. The maximum atomic E-state index is 12.8. The first-order valence-corrected chi connectivity index (χ1v) is 12.6. The fourth-order valence-corrected chi connectivity index (χ4v) is 6.10. The topological polar surface area (TPSA) is 52.7 Å². The lowest BCUT2D eigenvalue weighted by Gasteiger charge is -2.40. The van der Waals surface area contributed by atoms with Gasteiger partial charge in [-0.2, -0.15) is 0 Å². The molecule has 2 heterocycles. The summed E-state index contributed by atoms with van der Waals surface area (Å²) in [5, 5.41) is 3.10. The van der Waals surface area contributed by atoms with Gasteiger partial charge in [0, 0.05) is 19.5 Å². The quantitative estimate of drug-likeness (QED) is 0.662. The largest absolute Gasteiger partial charge is 0.354 e. The molecule has 2 aromatic carbocycles. The van der Waals surface area contributed by atoms with E-state index in [9.17, 15) is 9.59 Å². The number of aryl methyl sites for hydroxylation is 1. The van der Waals surface area contributed by atoms with Crippen LogP contribution in [0, 0.1) is 0 Å². The first-order valence-electron chi connectivity index (χ1n) is 12.6. The molecule has 0 bridgehead atoms. The Labute approximate surface area is 197 Å². The zero-order valence-corrected chi connectivity index (χ0v) is 19.5. The highest BCUT2D eigenvalue weighted by molar-refractivity contribution is 5.90. The highest BCUT2D eigenvalue weighted by Crippen LogP contribution is 2.46. The number of carbonyl (C=O) groups is 2. The lowest BCUT2D eigenvalue weighted by atomic mass is 9.74.